The molecular formula is C20H17ClN2O2. The van der Waals surface area contributed by atoms with Gasteiger partial charge in [0.25, 0.3) is 5.91 Å². The van der Waals surface area contributed by atoms with Gasteiger partial charge in [-0.3, -0.25) is 9.80 Å². The fraction of sp³-hybridized carbons (Fsp3) is 0.0500. The first kappa shape index (κ1) is 17.0. The van der Waals surface area contributed by atoms with Gasteiger partial charge in [-0.1, -0.05) is 54.1 Å². The summed E-state index contributed by atoms with van der Waals surface area (Å²) in [5.41, 5.74) is 1.28. The second-order valence-corrected chi connectivity index (χ2v) is 5.88. The van der Waals surface area contributed by atoms with Crippen molar-refractivity contribution in [2.24, 2.45) is 5.84 Å². The molecule has 0 unspecified atom stereocenters. The van der Waals surface area contributed by atoms with Gasteiger partial charge < -0.3 is 4.74 Å². The maximum Gasteiger partial charge on any atom is 0.269 e. The van der Waals surface area contributed by atoms with Crippen molar-refractivity contribution in [3.63, 3.8) is 0 Å². The van der Waals surface area contributed by atoms with Crippen molar-refractivity contribution in [2.75, 3.05) is 0 Å². The third-order valence-electron chi connectivity index (χ3n) is 3.62. The van der Waals surface area contributed by atoms with Gasteiger partial charge in [-0.05, 0) is 42.0 Å². The van der Waals surface area contributed by atoms with Crippen LogP contribution in [-0.4, -0.2) is 10.9 Å². The topological polar surface area (TPSA) is 55.6 Å². The molecule has 0 saturated heterocycles. The quantitative estimate of drug-likeness (QED) is 0.413. The molecule has 4 nitrogen and oxygen atoms in total. The number of para-hydroxylation sites is 1. The second-order valence-electron chi connectivity index (χ2n) is 5.47. The van der Waals surface area contributed by atoms with Crippen molar-refractivity contribution in [3.05, 3.63) is 95.0 Å². The highest BCUT2D eigenvalue weighted by molar-refractivity contribution is 6.33. The number of carbonyl (C=O) groups excluding carboxylic acids is 1. The van der Waals surface area contributed by atoms with Crippen LogP contribution in [0.2, 0.25) is 5.02 Å². The van der Waals surface area contributed by atoms with Crippen LogP contribution in [0.5, 0.6) is 11.5 Å². The minimum absolute atomic E-state index is 0.273. The maximum atomic E-state index is 12.4. The number of nitrogens with zero attached hydrogens (tertiary/aromatic N) is 1. The Kier molecular flexibility index (Phi) is 5.33. The van der Waals surface area contributed by atoms with Crippen LogP contribution < -0.4 is 10.6 Å². The van der Waals surface area contributed by atoms with Crippen LogP contribution in [0.1, 0.15) is 15.9 Å². The van der Waals surface area contributed by atoms with Crippen molar-refractivity contribution in [1.82, 2.24) is 5.01 Å². The van der Waals surface area contributed by atoms with Crippen molar-refractivity contribution in [1.29, 1.82) is 0 Å². The summed E-state index contributed by atoms with van der Waals surface area (Å²) in [6.45, 7) is 0.273. The summed E-state index contributed by atoms with van der Waals surface area (Å²) in [4.78, 5) is 12.4. The van der Waals surface area contributed by atoms with E-state index in [0.717, 1.165) is 22.1 Å². The van der Waals surface area contributed by atoms with E-state index in [-0.39, 0.29) is 12.5 Å². The summed E-state index contributed by atoms with van der Waals surface area (Å²) >= 11 is 6.04. The van der Waals surface area contributed by atoms with Crippen molar-refractivity contribution >= 4 is 17.5 Å². The molecule has 5 heteroatoms. The molecule has 2 N–H and O–H groups in total. The Bertz CT molecular complexity index is 851. The van der Waals surface area contributed by atoms with E-state index in [2.05, 4.69) is 0 Å². The number of nitrogens with two attached hydrogens (primary N) is 1. The van der Waals surface area contributed by atoms with E-state index >= 15 is 0 Å². The van der Waals surface area contributed by atoms with Crippen molar-refractivity contribution < 1.29 is 9.53 Å². The first-order chi connectivity index (χ1) is 12.1. The molecule has 0 radical (unpaired) electrons. The Hall–Kier alpha value is -2.82. The monoisotopic (exact) mass is 352 g/mol. The highest BCUT2D eigenvalue weighted by atomic mass is 35.5. The van der Waals surface area contributed by atoms with E-state index in [1.165, 1.54) is 0 Å². The molecular weight excluding hydrogens is 336 g/mol. The molecule has 0 aliphatic rings. The number of ether oxygens (including phenoxy) is 1. The number of amides is 1. The molecule has 0 saturated carbocycles. The Morgan fingerprint density at radius 2 is 1.48 bits per heavy atom. The number of carbonyl (C=O) groups is 1. The highest BCUT2D eigenvalue weighted by Gasteiger charge is 2.15. The minimum atomic E-state index is -0.324. The predicted octanol–water partition coefficient (Wildman–Crippen LogP) is 4.65. The van der Waals surface area contributed by atoms with Crippen LogP contribution in [0.25, 0.3) is 0 Å². The van der Waals surface area contributed by atoms with Gasteiger partial charge in [0.1, 0.15) is 11.5 Å². The SMILES string of the molecule is NN(Cc1ccc(Oc2ccccc2)cc1)C(=O)c1ccccc1Cl. The van der Waals surface area contributed by atoms with Gasteiger partial charge >= 0.3 is 0 Å². The lowest BCUT2D eigenvalue weighted by Crippen LogP contribution is -2.36. The molecule has 25 heavy (non-hydrogen) atoms. The molecule has 0 heterocycles. The van der Waals surface area contributed by atoms with Crippen LogP contribution in [-0.2, 0) is 6.54 Å². The van der Waals surface area contributed by atoms with Crippen LogP contribution in [0.3, 0.4) is 0 Å². The van der Waals surface area contributed by atoms with Gasteiger partial charge in [-0.15, -0.1) is 0 Å². The molecule has 3 rings (SSSR count). The van der Waals surface area contributed by atoms with Crippen molar-refractivity contribution in [2.45, 2.75) is 6.54 Å². The average Bonchev–Trinajstić information content (AvgIpc) is 2.64. The Morgan fingerprint density at radius 3 is 2.16 bits per heavy atom. The molecule has 0 aromatic heterocycles. The fourth-order valence-electron chi connectivity index (χ4n) is 2.35. The summed E-state index contributed by atoms with van der Waals surface area (Å²) in [7, 11) is 0. The second kappa shape index (κ2) is 7.83. The molecule has 0 fully saturated rings. The van der Waals surface area contributed by atoms with E-state index in [1.54, 1.807) is 24.3 Å². The zero-order chi connectivity index (χ0) is 17.6. The molecule has 3 aromatic carbocycles. The number of rotatable bonds is 5. The summed E-state index contributed by atoms with van der Waals surface area (Å²) < 4.78 is 5.74. The molecule has 0 atom stereocenters. The van der Waals surface area contributed by atoms with Gasteiger partial charge in [-0.2, -0.15) is 0 Å². The normalized spacial score (nSPS) is 10.3. The lowest BCUT2D eigenvalue weighted by Gasteiger charge is -2.17. The van der Waals surface area contributed by atoms with Gasteiger partial charge in [0.2, 0.25) is 0 Å². The number of hydrazine groups is 1. The minimum Gasteiger partial charge on any atom is -0.457 e. The standard InChI is InChI=1S/C20H17ClN2O2/c21-19-9-5-4-8-18(19)20(24)23(22)14-15-10-12-17(13-11-15)25-16-6-2-1-3-7-16/h1-13H,14,22H2. The molecule has 0 spiro atoms. The lowest BCUT2D eigenvalue weighted by molar-refractivity contribution is 0.0743. The zero-order valence-electron chi connectivity index (χ0n) is 13.4. The number of hydrogen-bond acceptors (Lipinski definition) is 3. The fourth-order valence-corrected chi connectivity index (χ4v) is 2.56. The van der Waals surface area contributed by atoms with E-state index in [0.29, 0.717) is 10.6 Å². The van der Waals surface area contributed by atoms with E-state index < -0.39 is 0 Å². The first-order valence-corrected chi connectivity index (χ1v) is 8.14. The Balaban J connectivity index is 1.65. The largest absolute Gasteiger partial charge is 0.457 e. The van der Waals surface area contributed by atoms with Crippen LogP contribution in [0, 0.1) is 0 Å². The first-order valence-electron chi connectivity index (χ1n) is 7.76. The van der Waals surface area contributed by atoms with E-state index in [4.69, 9.17) is 22.2 Å². The van der Waals surface area contributed by atoms with Crippen molar-refractivity contribution in [3.8, 4) is 11.5 Å². The van der Waals surface area contributed by atoms with E-state index in [1.807, 2.05) is 54.6 Å². The number of hydrogen-bond donors (Lipinski definition) is 1. The summed E-state index contributed by atoms with van der Waals surface area (Å²) in [6, 6.07) is 23.8. The third kappa shape index (κ3) is 4.38. The van der Waals surface area contributed by atoms with Crippen LogP contribution in [0.4, 0.5) is 0 Å². The predicted molar refractivity (Wildman–Crippen MR) is 98.5 cm³/mol. The molecule has 0 aliphatic carbocycles. The molecule has 0 bridgehead atoms. The smallest absolute Gasteiger partial charge is 0.269 e. The molecule has 126 valence electrons. The summed E-state index contributed by atoms with van der Waals surface area (Å²) in [6.07, 6.45) is 0. The Labute approximate surface area is 151 Å². The van der Waals surface area contributed by atoms with Gasteiger partial charge in [0.05, 0.1) is 17.1 Å². The molecule has 3 aromatic rings. The summed E-state index contributed by atoms with van der Waals surface area (Å²) in [5.74, 6) is 7.07. The highest BCUT2D eigenvalue weighted by Crippen LogP contribution is 2.22. The van der Waals surface area contributed by atoms with Gasteiger partial charge in [0, 0.05) is 0 Å². The molecule has 0 aliphatic heterocycles. The van der Waals surface area contributed by atoms with Crippen LogP contribution in [0.15, 0.2) is 78.9 Å². The van der Waals surface area contributed by atoms with Gasteiger partial charge in [0.15, 0.2) is 0 Å². The lowest BCUT2D eigenvalue weighted by atomic mass is 10.1. The number of benzene rings is 3. The average molecular weight is 353 g/mol. The zero-order valence-corrected chi connectivity index (χ0v) is 14.2. The summed E-state index contributed by atoms with van der Waals surface area (Å²) in [5, 5.41) is 1.53. The van der Waals surface area contributed by atoms with E-state index in [9.17, 15) is 4.79 Å². The van der Waals surface area contributed by atoms with Crippen LogP contribution >= 0.6 is 11.6 Å². The maximum absolute atomic E-state index is 12.4. The van der Waals surface area contributed by atoms with Gasteiger partial charge in [-0.25, -0.2) is 5.84 Å². The third-order valence-corrected chi connectivity index (χ3v) is 3.95. The molecule has 1 amide bonds. The Morgan fingerprint density at radius 1 is 0.880 bits per heavy atom. The number of halogens is 1.